The molecule has 2 aromatic rings. The van der Waals surface area contributed by atoms with Gasteiger partial charge >= 0.3 is 12.1 Å². The van der Waals surface area contributed by atoms with E-state index >= 15 is 0 Å². The third kappa shape index (κ3) is 8.41. The molecule has 2 aromatic carbocycles. The van der Waals surface area contributed by atoms with Crippen molar-refractivity contribution in [2.45, 2.75) is 19.1 Å². The van der Waals surface area contributed by atoms with Gasteiger partial charge in [-0.1, -0.05) is 28.1 Å². The van der Waals surface area contributed by atoms with E-state index in [1.165, 1.54) is 6.08 Å². The fourth-order valence-corrected chi connectivity index (χ4v) is 2.94. The topological polar surface area (TPSA) is 114 Å². The van der Waals surface area contributed by atoms with Crippen molar-refractivity contribution >= 4 is 33.7 Å². The molecule has 2 rings (SSSR count). The minimum absolute atomic E-state index is 0.104. The Morgan fingerprint density at radius 3 is 2.58 bits per heavy atom. The molecular weight excluding hydrogens is 470 g/mol. The number of halogens is 1. The van der Waals surface area contributed by atoms with E-state index in [9.17, 15) is 9.59 Å². The van der Waals surface area contributed by atoms with Gasteiger partial charge in [0.15, 0.2) is 6.10 Å². The normalized spacial score (nSPS) is 12.9. The Morgan fingerprint density at radius 1 is 1.19 bits per heavy atom. The molecule has 0 aliphatic rings. The van der Waals surface area contributed by atoms with Crippen molar-refractivity contribution in [2.24, 2.45) is 0 Å². The number of carbonyl (C=O) groups excluding carboxylic acids is 1. The molecule has 9 heteroatoms. The number of hydrogen-bond acceptors (Lipinski definition) is 6. The molecule has 31 heavy (non-hydrogen) atoms. The largest absolute Gasteiger partial charge is 0.491 e. The van der Waals surface area contributed by atoms with E-state index < -0.39 is 24.3 Å². The molecule has 0 radical (unpaired) electrons. The van der Waals surface area contributed by atoms with Crippen molar-refractivity contribution in [3.63, 3.8) is 0 Å². The molecular formula is C22H24BrNO7. The number of aliphatic hydroxyl groups is 1. The first-order valence-corrected chi connectivity index (χ1v) is 10.3. The van der Waals surface area contributed by atoms with Crippen molar-refractivity contribution in [3.8, 4) is 5.75 Å². The predicted molar refractivity (Wildman–Crippen MR) is 118 cm³/mol. The summed E-state index contributed by atoms with van der Waals surface area (Å²) < 4.78 is 17.6. The molecule has 0 bridgehead atoms. The van der Waals surface area contributed by atoms with Crippen LogP contribution in [-0.4, -0.2) is 48.2 Å². The summed E-state index contributed by atoms with van der Waals surface area (Å²) >= 11 is 3.33. The van der Waals surface area contributed by atoms with Gasteiger partial charge in [-0.2, -0.15) is 0 Å². The number of amides is 1. The van der Waals surface area contributed by atoms with Gasteiger partial charge in [-0.25, -0.2) is 9.59 Å². The summed E-state index contributed by atoms with van der Waals surface area (Å²) in [5.74, 6) is -0.686. The Hall–Kier alpha value is -2.88. The van der Waals surface area contributed by atoms with Crippen LogP contribution >= 0.6 is 15.9 Å². The first-order valence-electron chi connectivity index (χ1n) is 9.52. The molecule has 0 spiro atoms. The van der Waals surface area contributed by atoms with Crippen LogP contribution in [0, 0.1) is 0 Å². The van der Waals surface area contributed by atoms with Gasteiger partial charge in [0.1, 0.15) is 18.5 Å². The Balaban J connectivity index is 2.30. The number of carboxylic acids is 1. The van der Waals surface area contributed by atoms with Crippen molar-refractivity contribution in [3.05, 3.63) is 70.7 Å². The number of nitrogens with one attached hydrogen (secondary N) is 1. The second-order valence-corrected chi connectivity index (χ2v) is 7.14. The number of anilines is 1. The minimum Gasteiger partial charge on any atom is -0.491 e. The number of benzene rings is 2. The molecule has 0 saturated heterocycles. The van der Waals surface area contributed by atoms with E-state index in [-0.39, 0.29) is 19.8 Å². The maximum atomic E-state index is 12.6. The number of aliphatic hydroxyl groups excluding tert-OH is 1. The van der Waals surface area contributed by atoms with Gasteiger partial charge in [-0.3, -0.25) is 5.32 Å². The van der Waals surface area contributed by atoms with Crippen LogP contribution in [0.1, 0.15) is 18.6 Å². The fraction of sp³-hybridized carbons (Fsp3) is 0.273. The molecule has 0 aliphatic heterocycles. The van der Waals surface area contributed by atoms with Gasteiger partial charge in [-0.05, 0) is 55.0 Å². The maximum Gasteiger partial charge on any atom is 0.412 e. The lowest BCUT2D eigenvalue weighted by Crippen LogP contribution is -2.28. The average molecular weight is 494 g/mol. The number of carboxylic acid groups (broad SMARTS) is 1. The zero-order valence-corrected chi connectivity index (χ0v) is 18.4. The van der Waals surface area contributed by atoms with E-state index in [0.29, 0.717) is 17.0 Å². The Morgan fingerprint density at radius 2 is 1.94 bits per heavy atom. The van der Waals surface area contributed by atoms with E-state index in [4.69, 9.17) is 24.4 Å². The third-order valence-corrected chi connectivity index (χ3v) is 4.49. The second-order valence-electron chi connectivity index (χ2n) is 6.22. The zero-order valence-electron chi connectivity index (χ0n) is 16.9. The van der Waals surface area contributed by atoms with Gasteiger partial charge in [-0.15, -0.1) is 0 Å². The lowest BCUT2D eigenvalue weighted by Gasteiger charge is -2.25. The Labute approximate surface area is 188 Å². The highest BCUT2D eigenvalue weighted by Crippen LogP contribution is 2.28. The van der Waals surface area contributed by atoms with Gasteiger partial charge in [0.05, 0.1) is 6.61 Å². The Bertz CT molecular complexity index is 886. The van der Waals surface area contributed by atoms with E-state index in [0.717, 1.165) is 10.5 Å². The molecule has 1 amide bonds. The quantitative estimate of drug-likeness (QED) is 0.402. The molecule has 0 saturated carbocycles. The molecule has 166 valence electrons. The Kier molecular flexibility index (Phi) is 10.0. The van der Waals surface area contributed by atoms with E-state index in [2.05, 4.69) is 21.2 Å². The number of rotatable bonds is 11. The minimum atomic E-state index is -1.15. The monoisotopic (exact) mass is 493 g/mol. The summed E-state index contributed by atoms with van der Waals surface area (Å²) in [6, 6.07) is 13.7. The highest BCUT2D eigenvalue weighted by molar-refractivity contribution is 9.10. The first kappa shape index (κ1) is 24.4. The molecule has 0 aromatic heterocycles. The average Bonchev–Trinajstić information content (AvgIpc) is 2.75. The molecule has 0 fully saturated rings. The number of aliphatic carboxylic acids is 1. The highest BCUT2D eigenvalue weighted by atomic mass is 79.9. The summed E-state index contributed by atoms with van der Waals surface area (Å²) in [4.78, 5) is 23.6. The summed E-state index contributed by atoms with van der Waals surface area (Å²) in [6.45, 7) is 1.97. The molecule has 2 atom stereocenters. The van der Waals surface area contributed by atoms with Crippen LogP contribution in [0.25, 0.3) is 0 Å². The summed E-state index contributed by atoms with van der Waals surface area (Å²) in [5, 5.41) is 20.6. The molecule has 3 N–H and O–H groups in total. The van der Waals surface area contributed by atoms with Gasteiger partial charge in [0.2, 0.25) is 0 Å². The lowest BCUT2D eigenvalue weighted by atomic mass is 10.0. The summed E-state index contributed by atoms with van der Waals surface area (Å²) in [6.07, 6.45) is -0.281. The number of carbonyl (C=O) groups is 2. The smallest absolute Gasteiger partial charge is 0.412 e. The van der Waals surface area contributed by atoms with Gasteiger partial charge < -0.3 is 24.4 Å². The number of hydrogen-bond donors (Lipinski definition) is 3. The molecule has 0 heterocycles. The zero-order chi connectivity index (χ0) is 22.6. The summed E-state index contributed by atoms with van der Waals surface area (Å²) in [5.41, 5.74) is 1.07. The van der Waals surface area contributed by atoms with Crippen LogP contribution in [0.4, 0.5) is 10.5 Å². The maximum absolute atomic E-state index is 12.6. The van der Waals surface area contributed by atoms with Crippen molar-refractivity contribution in [1.82, 2.24) is 0 Å². The summed E-state index contributed by atoms with van der Waals surface area (Å²) in [7, 11) is 0. The highest BCUT2D eigenvalue weighted by Gasteiger charge is 2.27. The van der Waals surface area contributed by atoms with Crippen LogP contribution in [0.2, 0.25) is 0 Å². The third-order valence-electron chi connectivity index (χ3n) is 3.96. The van der Waals surface area contributed by atoms with Gasteiger partial charge in [0.25, 0.3) is 0 Å². The fourth-order valence-electron chi connectivity index (χ4n) is 2.68. The SMILES string of the molecule is CCO[C@H](/C=C/C(=O)O)[C@H](OC(=O)Nc1ccc(Br)cc1)c1cccc(OCCO)c1. The van der Waals surface area contributed by atoms with Gasteiger partial charge in [0, 0.05) is 22.8 Å². The lowest BCUT2D eigenvalue weighted by molar-refractivity contribution is -0.131. The molecule has 0 aliphatic carbocycles. The van der Waals surface area contributed by atoms with Crippen molar-refractivity contribution in [2.75, 3.05) is 25.1 Å². The molecule has 8 nitrogen and oxygen atoms in total. The first-order chi connectivity index (χ1) is 14.9. The van der Waals surface area contributed by atoms with E-state index in [1.807, 2.05) is 0 Å². The van der Waals surface area contributed by atoms with Crippen molar-refractivity contribution < 1.29 is 34.0 Å². The van der Waals surface area contributed by atoms with Crippen LogP contribution in [0.15, 0.2) is 65.2 Å². The van der Waals surface area contributed by atoms with E-state index in [1.54, 1.807) is 55.5 Å². The van der Waals surface area contributed by atoms with Crippen LogP contribution in [0.5, 0.6) is 5.75 Å². The van der Waals surface area contributed by atoms with Crippen LogP contribution < -0.4 is 10.1 Å². The predicted octanol–water partition coefficient (Wildman–Crippen LogP) is 4.16. The molecule has 0 unspecified atom stereocenters. The second kappa shape index (κ2) is 12.7. The standard InChI is InChI=1S/C22H24BrNO7/c1-2-29-19(10-11-20(26)27)21(15-4-3-5-18(14-15)30-13-12-25)31-22(28)24-17-8-6-16(23)7-9-17/h3-11,14,19,21,25H,2,12-13H2,1H3,(H,24,28)(H,26,27)/b11-10+/t19-,21-/m1/s1. The van der Waals surface area contributed by atoms with Crippen molar-refractivity contribution in [1.29, 1.82) is 0 Å². The van der Waals surface area contributed by atoms with Crippen LogP contribution in [-0.2, 0) is 14.3 Å². The number of ether oxygens (including phenoxy) is 3. The van der Waals surface area contributed by atoms with Crippen LogP contribution in [0.3, 0.4) is 0 Å².